The summed E-state index contributed by atoms with van der Waals surface area (Å²) in [5.74, 6) is 2.79. The third-order valence-electron chi connectivity index (χ3n) is 11.4. The van der Waals surface area contributed by atoms with E-state index in [1.54, 1.807) is 17.7 Å². The Bertz CT molecular complexity index is 926. The molecule has 0 bridgehead atoms. The number of hydrogen-bond donors (Lipinski definition) is 2. The molecule has 7 unspecified atom stereocenters. The number of benzene rings is 1. The van der Waals surface area contributed by atoms with E-state index >= 15 is 0 Å². The van der Waals surface area contributed by atoms with Gasteiger partial charge in [0.1, 0.15) is 5.82 Å². The molecule has 2 N–H and O–H groups in total. The molecule has 0 aliphatic heterocycles. The fraction of sp³-hybridized carbons (Fsp3) is 0.742. The number of aliphatic hydroxyl groups is 2. The predicted octanol–water partition coefficient (Wildman–Crippen LogP) is 7.75. The quantitative estimate of drug-likeness (QED) is 0.419. The highest BCUT2D eigenvalue weighted by Gasteiger charge is 2.59. The fourth-order valence-corrected chi connectivity index (χ4v) is 9.06. The summed E-state index contributed by atoms with van der Waals surface area (Å²) < 4.78 is 14.0. The minimum absolute atomic E-state index is 0.285. The molecule has 3 heteroatoms. The van der Waals surface area contributed by atoms with Gasteiger partial charge in [-0.15, -0.1) is 0 Å². The second-order valence-electron chi connectivity index (χ2n) is 12.8. The van der Waals surface area contributed by atoms with Crippen LogP contribution in [0.2, 0.25) is 0 Å². The second-order valence-corrected chi connectivity index (χ2v) is 12.8. The summed E-state index contributed by atoms with van der Waals surface area (Å²) in [6, 6.07) is 6.65. The molecule has 0 spiro atoms. The van der Waals surface area contributed by atoms with Crippen LogP contribution in [0.5, 0.6) is 0 Å². The highest BCUT2D eigenvalue weighted by Crippen LogP contribution is 2.67. The maximum atomic E-state index is 14.0. The van der Waals surface area contributed by atoms with Crippen molar-refractivity contribution in [3.8, 4) is 0 Å². The number of allylic oxidation sites excluding steroid dienone is 1. The number of hydrogen-bond acceptors (Lipinski definition) is 2. The van der Waals surface area contributed by atoms with Crippen molar-refractivity contribution in [1.29, 1.82) is 0 Å². The third kappa shape index (κ3) is 3.99. The van der Waals surface area contributed by atoms with Crippen LogP contribution in [0.3, 0.4) is 0 Å². The summed E-state index contributed by atoms with van der Waals surface area (Å²) >= 11 is 0. The van der Waals surface area contributed by atoms with Gasteiger partial charge in [0.2, 0.25) is 0 Å². The summed E-state index contributed by atoms with van der Waals surface area (Å²) in [5, 5.41) is 21.5. The zero-order valence-electron chi connectivity index (χ0n) is 21.5. The van der Waals surface area contributed by atoms with E-state index in [0.29, 0.717) is 17.4 Å². The smallest absolute Gasteiger partial charge is 0.128 e. The summed E-state index contributed by atoms with van der Waals surface area (Å²) in [7, 11) is 0. The van der Waals surface area contributed by atoms with E-state index in [2.05, 4.69) is 26.8 Å². The van der Waals surface area contributed by atoms with Crippen molar-refractivity contribution in [3.63, 3.8) is 0 Å². The SMILES string of the molecule is CC[C@]1(O)CCC2(C)C(=CCC3C2CCC2(C)C(CCCC(O)c4ccccc4F)CCC32)C1. The minimum Gasteiger partial charge on any atom is -0.390 e. The standard InChI is InChI=1S/C31H45FO2/c1-4-31(34)19-18-30(3)22(20-31)12-14-23-25-15-13-21(29(25,2)17-16-26(23)30)8-7-11-28(33)24-9-5-6-10-27(24)32/h5-6,9-10,12,21,23,25-26,28,33-34H,4,7-8,11,13-20H2,1-3H3/t21?,23?,25?,26?,28?,29?,30?,31-/m0/s1. The molecule has 4 aliphatic carbocycles. The van der Waals surface area contributed by atoms with E-state index in [0.717, 1.165) is 62.2 Å². The highest BCUT2D eigenvalue weighted by atomic mass is 19.1. The number of rotatable bonds is 6. The molecule has 1 aromatic rings. The van der Waals surface area contributed by atoms with Gasteiger partial charge in [0, 0.05) is 5.56 Å². The van der Waals surface area contributed by atoms with Gasteiger partial charge in [-0.3, -0.25) is 0 Å². The summed E-state index contributed by atoms with van der Waals surface area (Å²) in [6.45, 7) is 7.22. The molecule has 188 valence electrons. The lowest BCUT2D eigenvalue weighted by Crippen LogP contribution is -2.52. The first-order chi connectivity index (χ1) is 16.2. The van der Waals surface area contributed by atoms with E-state index in [4.69, 9.17) is 0 Å². The Labute approximate surface area is 206 Å². The first-order valence-corrected chi connectivity index (χ1v) is 14.0. The molecule has 5 rings (SSSR count). The molecule has 3 fully saturated rings. The van der Waals surface area contributed by atoms with Crippen LogP contribution in [0.1, 0.15) is 109 Å². The molecular weight excluding hydrogens is 423 g/mol. The Morgan fingerprint density at radius 3 is 2.62 bits per heavy atom. The van der Waals surface area contributed by atoms with Crippen molar-refractivity contribution in [2.24, 2.45) is 34.5 Å². The lowest BCUT2D eigenvalue weighted by molar-refractivity contribution is -0.0718. The zero-order chi connectivity index (χ0) is 24.1. The van der Waals surface area contributed by atoms with Gasteiger partial charge in [-0.05, 0) is 111 Å². The van der Waals surface area contributed by atoms with Crippen LogP contribution in [-0.4, -0.2) is 15.8 Å². The van der Waals surface area contributed by atoms with Crippen molar-refractivity contribution in [1.82, 2.24) is 0 Å². The first kappa shape index (κ1) is 24.5. The van der Waals surface area contributed by atoms with Crippen molar-refractivity contribution < 1.29 is 14.6 Å². The Morgan fingerprint density at radius 1 is 1.06 bits per heavy atom. The normalized spacial score (nSPS) is 42.4. The molecule has 0 heterocycles. The van der Waals surface area contributed by atoms with Gasteiger partial charge >= 0.3 is 0 Å². The topological polar surface area (TPSA) is 40.5 Å². The maximum absolute atomic E-state index is 14.0. The van der Waals surface area contributed by atoms with Gasteiger partial charge in [0.25, 0.3) is 0 Å². The average Bonchev–Trinajstić information content (AvgIpc) is 3.16. The lowest BCUT2D eigenvalue weighted by atomic mass is 9.46. The molecule has 0 aromatic heterocycles. The molecule has 0 saturated heterocycles. The van der Waals surface area contributed by atoms with Gasteiger partial charge in [0.05, 0.1) is 11.7 Å². The third-order valence-corrected chi connectivity index (χ3v) is 11.4. The Kier molecular flexibility index (Phi) is 6.51. The van der Waals surface area contributed by atoms with Crippen LogP contribution in [0.25, 0.3) is 0 Å². The van der Waals surface area contributed by atoms with E-state index in [9.17, 15) is 14.6 Å². The summed E-state index contributed by atoms with van der Waals surface area (Å²) in [4.78, 5) is 0. The van der Waals surface area contributed by atoms with Gasteiger partial charge in [-0.2, -0.15) is 0 Å². The number of aliphatic hydroxyl groups excluding tert-OH is 1. The van der Waals surface area contributed by atoms with Crippen molar-refractivity contribution in [3.05, 3.63) is 47.3 Å². The predicted molar refractivity (Wildman–Crippen MR) is 136 cm³/mol. The zero-order valence-corrected chi connectivity index (χ0v) is 21.5. The second kappa shape index (κ2) is 9.04. The molecule has 0 radical (unpaired) electrons. The van der Waals surface area contributed by atoms with Crippen LogP contribution in [0.15, 0.2) is 35.9 Å². The first-order valence-electron chi connectivity index (χ1n) is 14.0. The molecule has 34 heavy (non-hydrogen) atoms. The molecule has 1 aromatic carbocycles. The maximum Gasteiger partial charge on any atom is 0.128 e. The molecular formula is C31H45FO2. The van der Waals surface area contributed by atoms with Crippen LogP contribution in [-0.2, 0) is 0 Å². The van der Waals surface area contributed by atoms with Gasteiger partial charge in [-0.1, -0.05) is 57.0 Å². The van der Waals surface area contributed by atoms with Crippen LogP contribution in [0, 0.1) is 40.3 Å². The minimum atomic E-state index is -0.697. The number of halogens is 1. The summed E-state index contributed by atoms with van der Waals surface area (Å²) in [5.41, 5.74) is 2.22. The molecule has 4 aliphatic rings. The van der Waals surface area contributed by atoms with Crippen molar-refractivity contribution in [2.75, 3.05) is 0 Å². The Morgan fingerprint density at radius 2 is 1.85 bits per heavy atom. The average molecular weight is 469 g/mol. The van der Waals surface area contributed by atoms with E-state index in [1.165, 1.54) is 38.2 Å². The molecule has 0 amide bonds. The lowest BCUT2D eigenvalue weighted by Gasteiger charge is -2.59. The molecule has 8 atom stereocenters. The number of fused-ring (bicyclic) bond motifs is 5. The Balaban J connectivity index is 1.24. The van der Waals surface area contributed by atoms with Crippen LogP contribution < -0.4 is 0 Å². The fourth-order valence-electron chi connectivity index (χ4n) is 9.06. The van der Waals surface area contributed by atoms with Crippen LogP contribution in [0.4, 0.5) is 4.39 Å². The molecule has 3 saturated carbocycles. The van der Waals surface area contributed by atoms with Gasteiger partial charge in [-0.25, -0.2) is 4.39 Å². The van der Waals surface area contributed by atoms with Crippen molar-refractivity contribution in [2.45, 2.75) is 110 Å². The summed E-state index contributed by atoms with van der Waals surface area (Å²) in [6.07, 6.45) is 15.0. The van der Waals surface area contributed by atoms with E-state index in [1.807, 2.05) is 6.07 Å². The van der Waals surface area contributed by atoms with Gasteiger partial charge in [0.15, 0.2) is 0 Å². The molecule has 2 nitrogen and oxygen atoms in total. The van der Waals surface area contributed by atoms with Gasteiger partial charge < -0.3 is 10.2 Å². The monoisotopic (exact) mass is 468 g/mol. The van der Waals surface area contributed by atoms with Crippen LogP contribution >= 0.6 is 0 Å². The van der Waals surface area contributed by atoms with E-state index in [-0.39, 0.29) is 11.2 Å². The highest BCUT2D eigenvalue weighted by molar-refractivity contribution is 5.27. The largest absolute Gasteiger partial charge is 0.390 e. The Hall–Kier alpha value is -1.19. The van der Waals surface area contributed by atoms with E-state index < -0.39 is 11.7 Å². The van der Waals surface area contributed by atoms with Crippen molar-refractivity contribution >= 4 is 0 Å².